The lowest BCUT2D eigenvalue weighted by atomic mass is 9.96. The fourth-order valence-electron chi connectivity index (χ4n) is 3.25. The van der Waals surface area contributed by atoms with Crippen molar-refractivity contribution in [2.24, 2.45) is 4.99 Å². The molecule has 4 rings (SSSR count). The summed E-state index contributed by atoms with van der Waals surface area (Å²) in [6.45, 7) is 0.747. The van der Waals surface area contributed by atoms with Gasteiger partial charge in [0, 0.05) is 19.0 Å². The van der Waals surface area contributed by atoms with Gasteiger partial charge in [-0.25, -0.2) is 0 Å². The Labute approximate surface area is 148 Å². The van der Waals surface area contributed by atoms with E-state index >= 15 is 0 Å². The Morgan fingerprint density at radius 2 is 2.14 bits per heavy atom. The number of aliphatic imine (C=N–C) groups is 1. The van der Waals surface area contributed by atoms with Crippen LogP contribution in [0.15, 0.2) is 27.8 Å². The van der Waals surface area contributed by atoms with Crippen molar-refractivity contribution < 1.29 is 9.15 Å². The average Bonchev–Trinajstić information content (AvgIpc) is 2.93. The zero-order chi connectivity index (χ0) is 14.1. The summed E-state index contributed by atoms with van der Waals surface area (Å²) in [5, 5.41) is 7.09. The van der Waals surface area contributed by atoms with Crippen LogP contribution in [0.5, 0.6) is 0 Å². The first-order valence-corrected chi connectivity index (χ1v) is 8.12. The van der Waals surface area contributed by atoms with Gasteiger partial charge in [0.15, 0.2) is 5.96 Å². The summed E-state index contributed by atoms with van der Waals surface area (Å²) >= 11 is 0. The van der Waals surface area contributed by atoms with Crippen LogP contribution in [0.4, 0.5) is 0 Å². The molecule has 3 fully saturated rings. The zero-order valence-electron chi connectivity index (χ0n) is 12.7. The molecule has 1 aromatic heterocycles. The summed E-state index contributed by atoms with van der Waals surface area (Å²) in [6.07, 6.45) is 9.45. The Hall–Kier alpha value is -0.760. The number of nitrogens with zero attached hydrogens (tertiary/aromatic N) is 1. The van der Waals surface area contributed by atoms with Gasteiger partial charge in [-0.15, -0.1) is 24.0 Å². The summed E-state index contributed by atoms with van der Waals surface area (Å²) in [6, 6.07) is 4.96. The van der Waals surface area contributed by atoms with E-state index in [4.69, 9.17) is 14.1 Å². The number of hydrogen-bond acceptors (Lipinski definition) is 3. The predicted molar refractivity (Wildman–Crippen MR) is 95.7 cm³/mol. The molecular formula is C16H24IN3O2. The molecule has 3 aliphatic rings. The minimum absolute atomic E-state index is 0. The van der Waals surface area contributed by atoms with Crippen molar-refractivity contribution in [3.8, 4) is 0 Å². The minimum atomic E-state index is 0. The summed E-state index contributed by atoms with van der Waals surface area (Å²) in [5.41, 5.74) is 0. The maximum atomic E-state index is 5.91. The molecule has 2 bridgehead atoms. The van der Waals surface area contributed by atoms with E-state index in [1.54, 1.807) is 6.26 Å². The third-order valence-electron chi connectivity index (χ3n) is 4.55. The number of ether oxygens (including phenoxy) is 1. The monoisotopic (exact) mass is 417 g/mol. The lowest BCUT2D eigenvalue weighted by molar-refractivity contribution is 0.0992. The Morgan fingerprint density at radius 1 is 1.23 bits per heavy atom. The van der Waals surface area contributed by atoms with E-state index in [9.17, 15) is 0 Å². The van der Waals surface area contributed by atoms with Crippen LogP contribution in [0.25, 0.3) is 0 Å². The number of hydrogen-bond donors (Lipinski definition) is 2. The highest BCUT2D eigenvalue weighted by Crippen LogP contribution is 2.34. The molecule has 1 aliphatic carbocycles. The SMILES string of the molecule is I.c1coc(CCN=C(NC2CC2)NC2CC3CCC2O3)c1. The molecule has 0 radical (unpaired) electrons. The van der Waals surface area contributed by atoms with Gasteiger partial charge in [0.25, 0.3) is 0 Å². The van der Waals surface area contributed by atoms with Crippen LogP contribution in [-0.4, -0.2) is 36.8 Å². The second kappa shape index (κ2) is 7.21. The van der Waals surface area contributed by atoms with Crippen LogP contribution in [0.1, 0.15) is 37.9 Å². The second-order valence-corrected chi connectivity index (χ2v) is 6.34. The van der Waals surface area contributed by atoms with Crippen molar-refractivity contribution in [2.45, 2.75) is 62.8 Å². The smallest absolute Gasteiger partial charge is 0.191 e. The zero-order valence-corrected chi connectivity index (χ0v) is 15.0. The summed E-state index contributed by atoms with van der Waals surface area (Å²) in [5.74, 6) is 1.94. The van der Waals surface area contributed by atoms with Gasteiger partial charge in [-0.05, 0) is 44.2 Å². The molecule has 6 heteroatoms. The van der Waals surface area contributed by atoms with Crippen LogP contribution in [-0.2, 0) is 11.2 Å². The van der Waals surface area contributed by atoms with Crippen molar-refractivity contribution in [1.29, 1.82) is 0 Å². The Kier molecular flexibility index (Phi) is 5.28. The quantitative estimate of drug-likeness (QED) is 0.439. The largest absolute Gasteiger partial charge is 0.469 e. The van der Waals surface area contributed by atoms with Gasteiger partial charge >= 0.3 is 0 Å². The van der Waals surface area contributed by atoms with Crippen LogP contribution in [0.3, 0.4) is 0 Å². The highest BCUT2D eigenvalue weighted by atomic mass is 127. The number of halogens is 1. The molecule has 22 heavy (non-hydrogen) atoms. The van der Waals surface area contributed by atoms with Crippen molar-refractivity contribution in [3.05, 3.63) is 24.2 Å². The predicted octanol–water partition coefficient (Wildman–Crippen LogP) is 2.46. The molecular weight excluding hydrogens is 393 g/mol. The molecule has 3 heterocycles. The number of rotatable bonds is 5. The molecule has 0 spiro atoms. The van der Waals surface area contributed by atoms with Gasteiger partial charge in [0.05, 0.1) is 24.5 Å². The summed E-state index contributed by atoms with van der Waals surface area (Å²) < 4.78 is 11.3. The third-order valence-corrected chi connectivity index (χ3v) is 4.55. The van der Waals surface area contributed by atoms with Crippen molar-refractivity contribution in [1.82, 2.24) is 10.6 Å². The van der Waals surface area contributed by atoms with Gasteiger partial charge in [0.1, 0.15) is 5.76 Å². The molecule has 3 unspecified atom stereocenters. The molecule has 2 N–H and O–H groups in total. The van der Waals surface area contributed by atoms with E-state index in [1.807, 2.05) is 12.1 Å². The molecule has 122 valence electrons. The van der Waals surface area contributed by atoms with Crippen LogP contribution < -0.4 is 10.6 Å². The number of fused-ring (bicyclic) bond motifs is 2. The third kappa shape index (κ3) is 3.95. The van der Waals surface area contributed by atoms with Crippen molar-refractivity contribution in [2.75, 3.05) is 6.54 Å². The Balaban J connectivity index is 0.00000144. The van der Waals surface area contributed by atoms with Gasteiger partial charge in [-0.2, -0.15) is 0 Å². The molecule has 0 amide bonds. The van der Waals surface area contributed by atoms with Gasteiger partial charge in [-0.3, -0.25) is 4.99 Å². The highest BCUT2D eigenvalue weighted by molar-refractivity contribution is 14.0. The number of guanidine groups is 1. The molecule has 2 saturated heterocycles. The topological polar surface area (TPSA) is 58.8 Å². The fraction of sp³-hybridized carbons (Fsp3) is 0.688. The maximum absolute atomic E-state index is 5.91. The average molecular weight is 417 g/mol. The van der Waals surface area contributed by atoms with E-state index in [-0.39, 0.29) is 24.0 Å². The van der Waals surface area contributed by atoms with E-state index in [0.717, 1.165) is 31.1 Å². The first-order valence-electron chi connectivity index (χ1n) is 8.12. The Morgan fingerprint density at radius 3 is 2.77 bits per heavy atom. The maximum Gasteiger partial charge on any atom is 0.191 e. The molecule has 5 nitrogen and oxygen atoms in total. The van der Waals surface area contributed by atoms with Crippen molar-refractivity contribution in [3.63, 3.8) is 0 Å². The molecule has 2 aliphatic heterocycles. The molecule has 0 aromatic carbocycles. The van der Waals surface area contributed by atoms with E-state index in [1.165, 1.54) is 25.7 Å². The number of furan rings is 1. The lowest BCUT2D eigenvalue weighted by Gasteiger charge is -2.22. The van der Waals surface area contributed by atoms with Gasteiger partial charge < -0.3 is 19.8 Å². The van der Waals surface area contributed by atoms with Gasteiger partial charge in [-0.1, -0.05) is 0 Å². The highest BCUT2D eigenvalue weighted by Gasteiger charge is 2.41. The van der Waals surface area contributed by atoms with Crippen LogP contribution >= 0.6 is 24.0 Å². The Bertz CT molecular complexity index is 501. The standard InChI is InChI=1S/C16H23N3O2.HI/c1-2-12(20-9-1)7-8-17-16(18-11-3-4-11)19-14-10-13-5-6-15(14)21-13;/h1-2,9,11,13-15H,3-8,10H2,(H2,17,18,19);1H. The van der Waals surface area contributed by atoms with Crippen LogP contribution in [0.2, 0.25) is 0 Å². The summed E-state index contributed by atoms with van der Waals surface area (Å²) in [7, 11) is 0. The van der Waals surface area contributed by atoms with Gasteiger partial charge in [0.2, 0.25) is 0 Å². The van der Waals surface area contributed by atoms with E-state index < -0.39 is 0 Å². The fourth-order valence-corrected chi connectivity index (χ4v) is 3.25. The first-order chi connectivity index (χ1) is 10.4. The van der Waals surface area contributed by atoms with E-state index in [2.05, 4.69) is 10.6 Å². The minimum Gasteiger partial charge on any atom is -0.469 e. The van der Waals surface area contributed by atoms with E-state index in [0.29, 0.717) is 24.3 Å². The van der Waals surface area contributed by atoms with Crippen LogP contribution in [0, 0.1) is 0 Å². The molecule has 3 atom stereocenters. The normalized spacial score (nSPS) is 30.2. The molecule has 1 aromatic rings. The first kappa shape index (κ1) is 16.1. The van der Waals surface area contributed by atoms with Crippen molar-refractivity contribution >= 4 is 29.9 Å². The molecule has 1 saturated carbocycles. The number of nitrogens with one attached hydrogen (secondary N) is 2. The lowest BCUT2D eigenvalue weighted by Crippen LogP contribution is -2.48. The summed E-state index contributed by atoms with van der Waals surface area (Å²) in [4.78, 5) is 4.70. The second-order valence-electron chi connectivity index (χ2n) is 6.34.